The van der Waals surface area contributed by atoms with E-state index in [0.29, 0.717) is 59.5 Å². The van der Waals surface area contributed by atoms with Gasteiger partial charge >= 0.3 is 80.7 Å². The first-order valence-corrected chi connectivity index (χ1v) is 40.3. The molecule has 0 bridgehead atoms. The highest BCUT2D eigenvalue weighted by Gasteiger charge is 2.62. The fourth-order valence-corrected chi connectivity index (χ4v) is 17.3. The Hall–Kier alpha value is 0.712. The summed E-state index contributed by atoms with van der Waals surface area (Å²) in [5.41, 5.74) is 0. The molecule has 0 aliphatic heterocycles. The summed E-state index contributed by atoms with van der Waals surface area (Å²) < 4.78 is 101. The van der Waals surface area contributed by atoms with Crippen molar-refractivity contribution in [3.8, 4) is 0 Å². The van der Waals surface area contributed by atoms with Crippen molar-refractivity contribution in [1.82, 2.24) is 0 Å². The first-order chi connectivity index (χ1) is 34.0. The Kier molecular flexibility index (Phi) is 60.6. The van der Waals surface area contributed by atoms with E-state index in [4.69, 9.17) is 118 Å². The van der Waals surface area contributed by atoms with E-state index in [1.165, 1.54) is 35.5 Å². The normalized spacial score (nSPS) is 12.5. The molecule has 0 aliphatic rings. The topological polar surface area (TPSA) is 407 Å². The zero-order chi connectivity index (χ0) is 59.8. The number of hydrogen-bond acceptors (Lipinski definition) is 31. The third-order valence-electron chi connectivity index (χ3n) is 6.78. The van der Waals surface area contributed by atoms with Gasteiger partial charge in [-0.25, -0.2) is 0 Å². The molecule has 11 N–H and O–H groups in total. The van der Waals surface area contributed by atoms with Gasteiger partial charge in [-0.1, -0.05) is 0 Å². The highest BCUT2D eigenvalue weighted by atomic mass is 28.5. The predicted molar refractivity (Wildman–Crippen MR) is 282 cm³/mol. The molecule has 31 nitrogen and oxygen atoms in total. The van der Waals surface area contributed by atoms with E-state index >= 15 is 0 Å². The van der Waals surface area contributed by atoms with Crippen LogP contribution >= 0.6 is 0 Å². The van der Waals surface area contributed by atoms with E-state index in [2.05, 4.69) is 13.3 Å². The van der Waals surface area contributed by atoms with Crippen molar-refractivity contribution in [2.75, 3.05) is 121 Å². The molecule has 0 aliphatic carbocycles. The Labute approximate surface area is 450 Å². The number of rotatable bonds is 35. The van der Waals surface area contributed by atoms with Crippen molar-refractivity contribution >= 4 is 80.7 Å². The molecular weight excluding hydrogens is 1160 g/mol. The van der Waals surface area contributed by atoms with E-state index in [1.807, 2.05) is 82.0 Å². The second kappa shape index (κ2) is 50.7. The van der Waals surface area contributed by atoms with Crippen LogP contribution < -0.4 is 0 Å². The summed E-state index contributed by atoms with van der Waals surface area (Å²) in [5.74, 6) is 0. The van der Waals surface area contributed by atoms with E-state index in [-0.39, 0.29) is 26.4 Å². The summed E-state index contributed by atoms with van der Waals surface area (Å²) in [5, 5.41) is 0. The fraction of sp³-hybridized carbons (Fsp3) is 1.00. The van der Waals surface area contributed by atoms with Gasteiger partial charge in [0, 0.05) is 141 Å². The molecule has 0 fully saturated rings. The van der Waals surface area contributed by atoms with Gasteiger partial charge in [0.2, 0.25) is 0 Å². The molecule has 0 unspecified atom stereocenters. The van der Waals surface area contributed by atoms with E-state index in [9.17, 15) is 9.59 Å². The molecule has 0 rings (SSSR count). The summed E-state index contributed by atoms with van der Waals surface area (Å²) in [7, 11) is -25.3. The maximum absolute atomic E-state index is 9.98. The van der Waals surface area contributed by atoms with Crippen molar-refractivity contribution in [2.24, 2.45) is 0 Å². The average molecular weight is 1260 g/mol. The molecule has 0 amide bonds. The lowest BCUT2D eigenvalue weighted by Gasteiger charge is -2.33. The monoisotopic (exact) mass is 1260 g/mol. The molecule has 0 heterocycles. The SMILES string of the molecule is CCO[Si](C)(OCC)OCC.CCO[Si](C)(OCC)OCC.CCO[Si](C)(OCC)OCC.CCO[Si](O)(O)O.CCO[Si](O)(O)O.CCO[Si](O)(O)O.CCO[Si](OC)(O[Si](O)(OC)OC)O[Si](O)(OC)OC. The molecule has 0 saturated carbocycles. The van der Waals surface area contributed by atoms with Crippen LogP contribution in [0.4, 0.5) is 0 Å². The second-order valence-corrected chi connectivity index (χ2v) is 31.9. The van der Waals surface area contributed by atoms with Crippen LogP contribution in [0.15, 0.2) is 0 Å². The molecule has 0 aromatic heterocycles. The minimum absolute atomic E-state index is 0.121. The minimum Gasteiger partial charge on any atom is -0.374 e. The van der Waals surface area contributed by atoms with Crippen molar-refractivity contribution in [1.29, 1.82) is 0 Å². The van der Waals surface area contributed by atoms with Crippen LogP contribution in [0.5, 0.6) is 0 Å². The number of hydrogen-bond donors (Lipinski definition) is 11. The van der Waals surface area contributed by atoms with Crippen molar-refractivity contribution in [2.45, 2.75) is 110 Å². The average Bonchev–Trinajstić information content (AvgIpc) is 3.27. The summed E-state index contributed by atoms with van der Waals surface area (Å²) in [6.45, 7) is 36.0. The minimum atomic E-state index is -4.16. The molecule has 74 heavy (non-hydrogen) atoms. The van der Waals surface area contributed by atoms with Gasteiger partial charge in [-0.3, -0.25) is 0 Å². The van der Waals surface area contributed by atoms with Crippen LogP contribution in [0.3, 0.4) is 0 Å². The fourth-order valence-electron chi connectivity index (χ4n) is 4.36. The molecular formula is C34H100O31Si9. The lowest BCUT2D eigenvalue weighted by atomic mass is 10.9. The largest absolute Gasteiger partial charge is 0.671 e. The Balaban J connectivity index is -0.000000147. The molecule has 0 radical (unpaired) electrons. The summed E-state index contributed by atoms with van der Waals surface area (Å²) in [6.07, 6.45) is 0. The van der Waals surface area contributed by atoms with Crippen molar-refractivity contribution < 1.29 is 141 Å². The molecule has 0 atom stereocenters. The van der Waals surface area contributed by atoms with Crippen LogP contribution in [-0.2, 0) is 87.9 Å². The third kappa shape index (κ3) is 58.8. The molecule has 0 spiro atoms. The zero-order valence-corrected chi connectivity index (χ0v) is 56.8. The molecule has 458 valence electrons. The van der Waals surface area contributed by atoms with Crippen LogP contribution in [-0.4, -0.2) is 255 Å². The molecule has 40 heteroatoms. The lowest BCUT2D eigenvalue weighted by molar-refractivity contribution is -0.0417. The van der Waals surface area contributed by atoms with Crippen LogP contribution in [0.25, 0.3) is 0 Å². The molecule has 0 saturated heterocycles. The Morgan fingerprint density at radius 3 is 0.459 bits per heavy atom. The summed E-state index contributed by atoms with van der Waals surface area (Å²) >= 11 is 0. The molecule has 0 aromatic carbocycles. The van der Waals surface area contributed by atoms with Gasteiger partial charge in [-0.2, -0.15) is 0 Å². The predicted octanol–water partition coefficient (Wildman–Crippen LogP) is -1.12. The van der Waals surface area contributed by atoms with Gasteiger partial charge in [-0.05, 0) is 90.0 Å². The van der Waals surface area contributed by atoms with Crippen LogP contribution in [0.2, 0.25) is 19.6 Å². The molecule has 0 aromatic rings. The van der Waals surface area contributed by atoms with Gasteiger partial charge in [0.15, 0.2) is 0 Å². The van der Waals surface area contributed by atoms with E-state index < -0.39 is 80.7 Å². The summed E-state index contributed by atoms with van der Waals surface area (Å²) in [4.78, 5) is 92.4. The van der Waals surface area contributed by atoms with Gasteiger partial charge in [0.05, 0.1) is 0 Å². The van der Waals surface area contributed by atoms with Crippen LogP contribution in [0.1, 0.15) is 90.0 Å². The first kappa shape index (κ1) is 88.5. The lowest BCUT2D eigenvalue weighted by Crippen LogP contribution is -2.65. The van der Waals surface area contributed by atoms with Crippen molar-refractivity contribution in [3.63, 3.8) is 0 Å². The van der Waals surface area contributed by atoms with Crippen molar-refractivity contribution in [3.05, 3.63) is 0 Å². The van der Waals surface area contributed by atoms with Gasteiger partial charge < -0.3 is 141 Å². The zero-order valence-electron chi connectivity index (χ0n) is 47.8. The smallest absolute Gasteiger partial charge is 0.374 e. The van der Waals surface area contributed by atoms with E-state index in [0.717, 1.165) is 0 Å². The Morgan fingerprint density at radius 1 is 0.230 bits per heavy atom. The highest BCUT2D eigenvalue weighted by Crippen LogP contribution is 2.22. The summed E-state index contributed by atoms with van der Waals surface area (Å²) in [6, 6.07) is 0. The van der Waals surface area contributed by atoms with Gasteiger partial charge in [-0.15, -0.1) is 0 Å². The highest BCUT2D eigenvalue weighted by molar-refractivity contribution is 6.73. The third-order valence-corrected chi connectivity index (χ3v) is 23.4. The maximum atomic E-state index is 9.98. The second-order valence-electron chi connectivity index (χ2n) is 12.7. The standard InChI is InChI=1S/C7H22O10Si3.3C7H18O3Si.3C2H8O4Si/c1-7-15-20(14-6,16-18(8,10-2)11-3)17-19(9,12-4)13-5;3*1-5-8-11(4,9-6-2)10-7-3;3*1-2-6-7(3,4)5/h8-9H,7H2,1-6H3;3*5-7H2,1-4H3;3*3-5H,2H2,1H3. The Bertz CT molecular complexity index is 1010. The Morgan fingerprint density at radius 2 is 0.378 bits per heavy atom. The maximum Gasteiger partial charge on any atom is 0.671 e. The van der Waals surface area contributed by atoms with Gasteiger partial charge in [0.25, 0.3) is 0 Å². The van der Waals surface area contributed by atoms with E-state index in [1.54, 1.807) is 27.7 Å². The van der Waals surface area contributed by atoms with Gasteiger partial charge in [0.1, 0.15) is 0 Å². The quantitative estimate of drug-likeness (QED) is 0.0335. The first-order valence-electron chi connectivity index (χ1n) is 23.4. The van der Waals surface area contributed by atoms with Crippen LogP contribution in [0, 0.1) is 0 Å².